The molecule has 0 saturated carbocycles. The molecule has 2 heterocycles. The number of benzene rings is 1. The van der Waals surface area contributed by atoms with Crippen LogP contribution in [-0.2, 0) is 6.54 Å². The van der Waals surface area contributed by atoms with Gasteiger partial charge < -0.3 is 9.80 Å². The first kappa shape index (κ1) is 14.7. The normalized spacial score (nSPS) is 14.8. The molecule has 0 spiro atoms. The van der Waals surface area contributed by atoms with Gasteiger partial charge in [-0.2, -0.15) is 0 Å². The predicted molar refractivity (Wildman–Crippen MR) is 88.8 cm³/mol. The van der Waals surface area contributed by atoms with Crippen LogP contribution in [0.1, 0.15) is 15.9 Å². The highest BCUT2D eigenvalue weighted by Crippen LogP contribution is 2.33. The third kappa shape index (κ3) is 2.89. The summed E-state index contributed by atoms with van der Waals surface area (Å²) in [4.78, 5) is 16.7. The van der Waals surface area contributed by atoms with Crippen molar-refractivity contribution in [1.29, 1.82) is 0 Å². The van der Waals surface area contributed by atoms with Gasteiger partial charge in [0.1, 0.15) is 4.34 Å². The van der Waals surface area contributed by atoms with E-state index in [0.29, 0.717) is 27.3 Å². The highest BCUT2D eigenvalue weighted by atomic mass is 35.5. The number of amides is 1. The van der Waals surface area contributed by atoms with Gasteiger partial charge in [-0.15, -0.1) is 11.3 Å². The molecule has 1 aliphatic rings. The van der Waals surface area contributed by atoms with Gasteiger partial charge in [-0.25, -0.2) is 0 Å². The zero-order valence-electron chi connectivity index (χ0n) is 11.5. The maximum absolute atomic E-state index is 12.7. The number of likely N-dealkylation sites (N-methyl/N-ethyl adjacent to an activating group) is 1. The van der Waals surface area contributed by atoms with Crippen molar-refractivity contribution in [2.24, 2.45) is 0 Å². The monoisotopic (exact) mass is 340 g/mol. The molecule has 3 nitrogen and oxygen atoms in total. The highest BCUT2D eigenvalue weighted by molar-refractivity contribution is 7.20. The molecule has 0 N–H and O–H groups in total. The Hall–Kier alpha value is -1.23. The third-order valence-corrected chi connectivity index (χ3v) is 5.13. The number of carbonyl (C=O) groups is 1. The lowest BCUT2D eigenvalue weighted by molar-refractivity contribution is 0.0752. The van der Waals surface area contributed by atoms with Crippen LogP contribution in [-0.4, -0.2) is 30.9 Å². The molecule has 0 fully saturated rings. The molecule has 3 rings (SSSR count). The van der Waals surface area contributed by atoms with E-state index in [2.05, 4.69) is 17.0 Å². The minimum atomic E-state index is -0.0618. The van der Waals surface area contributed by atoms with Crippen LogP contribution in [0.5, 0.6) is 0 Å². The minimum absolute atomic E-state index is 0.0618. The number of fused-ring (bicyclic) bond motifs is 1. The van der Waals surface area contributed by atoms with Crippen molar-refractivity contribution in [2.45, 2.75) is 6.54 Å². The Balaban J connectivity index is 1.91. The number of hydrogen-bond donors (Lipinski definition) is 0. The van der Waals surface area contributed by atoms with Crippen LogP contribution in [0.4, 0.5) is 5.69 Å². The van der Waals surface area contributed by atoms with E-state index in [4.69, 9.17) is 23.2 Å². The Bertz CT molecular complexity index is 686. The average Bonchev–Trinajstić information content (AvgIpc) is 2.71. The molecule has 0 unspecified atom stereocenters. The van der Waals surface area contributed by atoms with E-state index in [9.17, 15) is 4.79 Å². The fraction of sp³-hybridized carbons (Fsp3) is 0.267. The standard InChI is InChI=1S/C15H14Cl2N2OS/c1-18-6-7-19(9-10-4-2-3-5-12(10)18)15(20)11-8-13(16)21-14(11)17/h2-5,8H,6-7,9H2,1H3. The molecular formula is C15H14Cl2N2OS. The first-order valence-corrected chi connectivity index (χ1v) is 8.16. The second-order valence-corrected chi connectivity index (χ2v) is 7.30. The number of rotatable bonds is 1. The molecule has 0 atom stereocenters. The van der Waals surface area contributed by atoms with Crippen molar-refractivity contribution in [3.63, 3.8) is 0 Å². The van der Waals surface area contributed by atoms with Crippen LogP contribution >= 0.6 is 34.5 Å². The van der Waals surface area contributed by atoms with E-state index in [1.807, 2.05) is 24.1 Å². The summed E-state index contributed by atoms with van der Waals surface area (Å²) in [5.41, 5.74) is 2.80. The molecule has 0 bridgehead atoms. The first-order valence-electron chi connectivity index (χ1n) is 6.59. The van der Waals surface area contributed by atoms with Crippen molar-refractivity contribution in [2.75, 3.05) is 25.0 Å². The molecule has 2 aromatic rings. The van der Waals surface area contributed by atoms with Crippen LogP contribution in [0, 0.1) is 0 Å². The van der Waals surface area contributed by atoms with Gasteiger partial charge in [0, 0.05) is 32.4 Å². The summed E-state index contributed by atoms with van der Waals surface area (Å²) in [6, 6.07) is 9.80. The van der Waals surface area contributed by atoms with Gasteiger partial charge in [0.15, 0.2) is 0 Å². The van der Waals surface area contributed by atoms with Gasteiger partial charge in [-0.05, 0) is 17.7 Å². The fourth-order valence-corrected chi connectivity index (χ4v) is 3.97. The van der Waals surface area contributed by atoms with Crippen LogP contribution < -0.4 is 4.90 Å². The van der Waals surface area contributed by atoms with Gasteiger partial charge >= 0.3 is 0 Å². The number of carbonyl (C=O) groups excluding carboxylic acids is 1. The Kier molecular flexibility index (Phi) is 4.11. The highest BCUT2D eigenvalue weighted by Gasteiger charge is 2.24. The molecule has 0 saturated heterocycles. The number of thiophene rings is 1. The third-order valence-electron chi connectivity index (χ3n) is 3.64. The van der Waals surface area contributed by atoms with Gasteiger partial charge in [-0.1, -0.05) is 41.4 Å². The van der Waals surface area contributed by atoms with Gasteiger partial charge in [0.05, 0.1) is 9.90 Å². The summed E-state index contributed by atoms with van der Waals surface area (Å²) in [6.45, 7) is 2.04. The van der Waals surface area contributed by atoms with Crippen LogP contribution in [0.3, 0.4) is 0 Å². The van der Waals surface area contributed by atoms with E-state index < -0.39 is 0 Å². The topological polar surface area (TPSA) is 23.6 Å². The summed E-state index contributed by atoms with van der Waals surface area (Å²) in [7, 11) is 2.04. The van der Waals surface area contributed by atoms with Crippen LogP contribution in [0.15, 0.2) is 30.3 Å². The van der Waals surface area contributed by atoms with Crippen molar-refractivity contribution in [3.8, 4) is 0 Å². The number of anilines is 1. The zero-order chi connectivity index (χ0) is 15.0. The molecular weight excluding hydrogens is 327 g/mol. The predicted octanol–water partition coefficient (Wildman–Crippen LogP) is 4.15. The first-order chi connectivity index (χ1) is 10.1. The molecule has 6 heteroatoms. The van der Waals surface area contributed by atoms with Gasteiger partial charge in [0.2, 0.25) is 0 Å². The molecule has 1 aromatic carbocycles. The summed E-state index contributed by atoms with van der Waals surface area (Å²) >= 11 is 13.3. The van der Waals surface area contributed by atoms with Crippen molar-refractivity contribution < 1.29 is 4.79 Å². The molecule has 21 heavy (non-hydrogen) atoms. The molecule has 0 aliphatic carbocycles. The summed E-state index contributed by atoms with van der Waals surface area (Å²) < 4.78 is 0.992. The lowest BCUT2D eigenvalue weighted by Crippen LogP contribution is -2.34. The molecule has 1 aliphatic heterocycles. The van der Waals surface area contributed by atoms with Crippen molar-refractivity contribution in [1.82, 2.24) is 4.90 Å². The number of para-hydroxylation sites is 1. The van der Waals surface area contributed by atoms with E-state index in [1.54, 1.807) is 6.07 Å². The fourth-order valence-electron chi connectivity index (χ4n) is 2.52. The number of nitrogens with zero attached hydrogens (tertiary/aromatic N) is 2. The van der Waals surface area contributed by atoms with E-state index in [0.717, 1.165) is 12.1 Å². The second-order valence-electron chi connectivity index (χ2n) is 5.01. The Morgan fingerprint density at radius 1 is 1.24 bits per heavy atom. The lowest BCUT2D eigenvalue weighted by atomic mass is 10.1. The molecule has 110 valence electrons. The lowest BCUT2D eigenvalue weighted by Gasteiger charge is -2.20. The smallest absolute Gasteiger partial charge is 0.256 e. The Labute approximate surface area is 137 Å². The van der Waals surface area contributed by atoms with Gasteiger partial charge in [0.25, 0.3) is 5.91 Å². The number of hydrogen-bond acceptors (Lipinski definition) is 3. The summed E-state index contributed by atoms with van der Waals surface area (Å²) in [6.07, 6.45) is 0. The van der Waals surface area contributed by atoms with E-state index in [1.165, 1.54) is 17.0 Å². The van der Waals surface area contributed by atoms with Crippen LogP contribution in [0.25, 0.3) is 0 Å². The SMILES string of the molecule is CN1CCN(C(=O)c2cc(Cl)sc2Cl)Cc2ccccc21. The summed E-state index contributed by atoms with van der Waals surface area (Å²) in [5, 5.41) is 0. The average molecular weight is 341 g/mol. The van der Waals surface area contributed by atoms with Crippen LogP contribution in [0.2, 0.25) is 8.67 Å². The maximum atomic E-state index is 12.7. The Morgan fingerprint density at radius 2 is 2.00 bits per heavy atom. The van der Waals surface area contributed by atoms with Crippen molar-refractivity contribution in [3.05, 3.63) is 50.1 Å². The molecule has 1 amide bonds. The molecule has 1 aromatic heterocycles. The van der Waals surface area contributed by atoms with E-state index >= 15 is 0 Å². The maximum Gasteiger partial charge on any atom is 0.256 e. The Morgan fingerprint density at radius 3 is 2.71 bits per heavy atom. The second kappa shape index (κ2) is 5.87. The van der Waals surface area contributed by atoms with Gasteiger partial charge in [-0.3, -0.25) is 4.79 Å². The quantitative estimate of drug-likeness (QED) is 0.778. The zero-order valence-corrected chi connectivity index (χ0v) is 13.8. The minimum Gasteiger partial charge on any atom is -0.373 e. The van der Waals surface area contributed by atoms with Crippen molar-refractivity contribution >= 4 is 46.1 Å². The largest absolute Gasteiger partial charge is 0.373 e. The van der Waals surface area contributed by atoms with E-state index in [-0.39, 0.29) is 5.91 Å². The number of halogens is 2. The molecule has 0 radical (unpaired) electrons. The summed E-state index contributed by atoms with van der Waals surface area (Å²) in [5.74, 6) is -0.0618.